The number of amides is 1. The van der Waals surface area contributed by atoms with Crippen LogP contribution in [0.3, 0.4) is 0 Å². The zero-order valence-electron chi connectivity index (χ0n) is 16.2. The monoisotopic (exact) mass is 405 g/mol. The molecule has 0 radical (unpaired) electrons. The Morgan fingerprint density at radius 1 is 1.32 bits per heavy atom. The zero-order chi connectivity index (χ0) is 20.5. The Bertz CT molecular complexity index is 818. The van der Waals surface area contributed by atoms with E-state index in [1.807, 2.05) is 18.2 Å². The first-order valence-electron chi connectivity index (χ1n) is 8.64. The Balaban J connectivity index is 2.13. The second kappa shape index (κ2) is 10.5. The molecule has 1 saturated heterocycles. The fourth-order valence-electron chi connectivity index (χ4n) is 2.13. The van der Waals surface area contributed by atoms with Gasteiger partial charge in [-0.3, -0.25) is 10.1 Å². The highest BCUT2D eigenvalue weighted by Crippen LogP contribution is 2.30. The standard InChI is InChI=1S/C19H23N3O5S/c1-12(2)8-9-27-17-13(6-5-7-14(17)25-3)11-20-22-19-21-18(24)15(28-19)10-16(23)26-4/h5-7,10-12H,8-9H2,1-4H3,(H,21,22,24)/b15-10+,20-11?. The molecule has 2 rings (SSSR count). The molecule has 0 aliphatic carbocycles. The maximum atomic E-state index is 11.8. The van der Waals surface area contributed by atoms with Crippen LogP contribution >= 0.6 is 11.8 Å². The Kier molecular flexibility index (Phi) is 8.06. The number of rotatable bonds is 8. The Morgan fingerprint density at radius 2 is 2.11 bits per heavy atom. The molecule has 0 atom stereocenters. The maximum absolute atomic E-state index is 11.8. The minimum atomic E-state index is -0.609. The molecule has 1 fully saturated rings. The average Bonchev–Trinajstić information content (AvgIpc) is 3.01. The van der Waals surface area contributed by atoms with Crippen LogP contribution < -0.4 is 14.8 Å². The van der Waals surface area contributed by atoms with Crippen LogP contribution in [-0.2, 0) is 14.3 Å². The van der Waals surface area contributed by atoms with Gasteiger partial charge in [-0.15, -0.1) is 5.10 Å². The SMILES string of the molecule is COC(=O)/C=C1/S/C(=N\N=Cc2cccc(OC)c2OCCC(C)C)NC1=O. The number of benzene rings is 1. The van der Waals surface area contributed by atoms with Crippen molar-refractivity contribution in [2.24, 2.45) is 16.1 Å². The lowest BCUT2D eigenvalue weighted by atomic mass is 10.1. The van der Waals surface area contributed by atoms with Crippen LogP contribution in [-0.4, -0.2) is 44.1 Å². The van der Waals surface area contributed by atoms with Crippen molar-refractivity contribution in [3.05, 3.63) is 34.7 Å². The van der Waals surface area contributed by atoms with Gasteiger partial charge in [0, 0.05) is 11.6 Å². The van der Waals surface area contributed by atoms with Crippen LogP contribution in [0.1, 0.15) is 25.8 Å². The highest BCUT2D eigenvalue weighted by molar-refractivity contribution is 8.18. The molecule has 1 aliphatic heterocycles. The third-order valence-corrected chi connectivity index (χ3v) is 4.52. The summed E-state index contributed by atoms with van der Waals surface area (Å²) in [5, 5.41) is 10.8. The molecule has 1 aromatic carbocycles. The molecule has 8 nitrogen and oxygen atoms in total. The van der Waals surface area contributed by atoms with Crippen LogP contribution in [0.15, 0.2) is 39.4 Å². The van der Waals surface area contributed by atoms with Gasteiger partial charge in [-0.2, -0.15) is 5.10 Å². The molecule has 1 N–H and O–H groups in total. The third kappa shape index (κ3) is 6.12. The van der Waals surface area contributed by atoms with Gasteiger partial charge in [0.2, 0.25) is 0 Å². The summed E-state index contributed by atoms with van der Waals surface area (Å²) in [6.07, 6.45) is 3.54. The molecule has 0 bridgehead atoms. The lowest BCUT2D eigenvalue weighted by Crippen LogP contribution is -2.19. The highest BCUT2D eigenvalue weighted by atomic mass is 32.2. The zero-order valence-corrected chi connectivity index (χ0v) is 17.0. The molecule has 1 amide bonds. The Hall–Kier alpha value is -2.81. The van der Waals surface area contributed by atoms with E-state index in [0.29, 0.717) is 29.6 Å². The van der Waals surface area contributed by atoms with E-state index in [1.54, 1.807) is 7.11 Å². The number of ether oxygens (including phenoxy) is 3. The van der Waals surface area contributed by atoms with Crippen LogP contribution in [0, 0.1) is 5.92 Å². The van der Waals surface area contributed by atoms with Crippen LogP contribution in [0.4, 0.5) is 0 Å². The van der Waals surface area contributed by atoms with E-state index in [4.69, 9.17) is 9.47 Å². The number of nitrogens with one attached hydrogen (secondary N) is 1. The van der Waals surface area contributed by atoms with E-state index < -0.39 is 11.9 Å². The predicted molar refractivity (Wildman–Crippen MR) is 109 cm³/mol. The molecule has 1 aromatic rings. The van der Waals surface area contributed by atoms with Gasteiger partial charge in [-0.1, -0.05) is 19.9 Å². The van der Waals surface area contributed by atoms with Gasteiger partial charge in [0.05, 0.1) is 31.9 Å². The second-order valence-corrected chi connectivity index (χ2v) is 7.18. The largest absolute Gasteiger partial charge is 0.493 e. The molecule has 0 saturated carbocycles. The number of nitrogens with zero attached hydrogens (tertiary/aromatic N) is 2. The number of esters is 1. The number of hydrogen-bond acceptors (Lipinski definition) is 8. The van der Waals surface area contributed by atoms with E-state index in [2.05, 4.69) is 34.1 Å². The summed E-state index contributed by atoms with van der Waals surface area (Å²) in [6, 6.07) is 5.47. The molecule has 0 aromatic heterocycles. The molecule has 1 aliphatic rings. The number of carbonyl (C=O) groups is 2. The van der Waals surface area contributed by atoms with Crippen molar-refractivity contribution in [2.75, 3.05) is 20.8 Å². The normalized spacial score (nSPS) is 16.8. The van der Waals surface area contributed by atoms with Crippen molar-refractivity contribution < 1.29 is 23.8 Å². The summed E-state index contributed by atoms with van der Waals surface area (Å²) in [5.41, 5.74) is 0.701. The smallest absolute Gasteiger partial charge is 0.331 e. The van der Waals surface area contributed by atoms with Crippen LogP contribution in [0.5, 0.6) is 11.5 Å². The topological polar surface area (TPSA) is 98.6 Å². The summed E-state index contributed by atoms with van der Waals surface area (Å²) in [7, 11) is 2.82. The van der Waals surface area contributed by atoms with Gasteiger partial charge in [0.15, 0.2) is 16.7 Å². The van der Waals surface area contributed by atoms with Crippen molar-refractivity contribution in [1.29, 1.82) is 0 Å². The quantitative estimate of drug-likeness (QED) is 0.309. The fourth-order valence-corrected chi connectivity index (χ4v) is 2.87. The van der Waals surface area contributed by atoms with Gasteiger partial charge < -0.3 is 14.2 Å². The molecular formula is C19H23N3O5S. The van der Waals surface area contributed by atoms with Gasteiger partial charge in [-0.05, 0) is 36.2 Å². The number of amidine groups is 1. The van der Waals surface area contributed by atoms with Crippen LogP contribution in [0.2, 0.25) is 0 Å². The summed E-state index contributed by atoms with van der Waals surface area (Å²) >= 11 is 1.01. The van der Waals surface area contributed by atoms with Crippen molar-refractivity contribution in [3.63, 3.8) is 0 Å². The fraction of sp³-hybridized carbons (Fsp3) is 0.368. The molecular weight excluding hydrogens is 382 g/mol. The minimum absolute atomic E-state index is 0.194. The van der Waals surface area contributed by atoms with E-state index in [1.165, 1.54) is 13.3 Å². The second-order valence-electron chi connectivity index (χ2n) is 6.15. The number of carbonyl (C=O) groups excluding carboxylic acids is 2. The number of hydrogen-bond donors (Lipinski definition) is 1. The van der Waals surface area contributed by atoms with Crippen LogP contribution in [0.25, 0.3) is 0 Å². The van der Waals surface area contributed by atoms with E-state index >= 15 is 0 Å². The van der Waals surface area contributed by atoms with E-state index in [9.17, 15) is 9.59 Å². The van der Waals surface area contributed by atoms with Gasteiger partial charge in [0.1, 0.15) is 0 Å². The molecule has 0 spiro atoms. The van der Waals surface area contributed by atoms with Crippen molar-refractivity contribution in [3.8, 4) is 11.5 Å². The Labute approximate surface area is 168 Å². The number of para-hydroxylation sites is 1. The van der Waals surface area contributed by atoms with Gasteiger partial charge in [0.25, 0.3) is 5.91 Å². The third-order valence-electron chi connectivity index (χ3n) is 3.62. The Morgan fingerprint density at radius 3 is 2.79 bits per heavy atom. The summed E-state index contributed by atoms with van der Waals surface area (Å²) in [4.78, 5) is 23.3. The summed E-state index contributed by atoms with van der Waals surface area (Å²) < 4.78 is 15.8. The van der Waals surface area contributed by atoms with E-state index in [0.717, 1.165) is 24.3 Å². The highest BCUT2D eigenvalue weighted by Gasteiger charge is 2.25. The first kappa shape index (κ1) is 21.5. The van der Waals surface area contributed by atoms with Gasteiger partial charge >= 0.3 is 5.97 Å². The predicted octanol–water partition coefficient (Wildman–Crippen LogP) is 2.73. The van der Waals surface area contributed by atoms with E-state index in [-0.39, 0.29) is 10.1 Å². The first-order chi connectivity index (χ1) is 13.4. The molecule has 28 heavy (non-hydrogen) atoms. The maximum Gasteiger partial charge on any atom is 0.331 e. The number of thioether (sulfide) groups is 1. The molecule has 0 unspecified atom stereocenters. The first-order valence-corrected chi connectivity index (χ1v) is 9.46. The molecule has 9 heteroatoms. The lowest BCUT2D eigenvalue weighted by Gasteiger charge is -2.13. The number of methoxy groups -OCH3 is 2. The van der Waals surface area contributed by atoms with Crippen molar-refractivity contribution >= 4 is 35.0 Å². The van der Waals surface area contributed by atoms with Crippen molar-refractivity contribution in [1.82, 2.24) is 5.32 Å². The van der Waals surface area contributed by atoms with Crippen molar-refractivity contribution in [2.45, 2.75) is 20.3 Å². The average molecular weight is 405 g/mol. The molecule has 1 heterocycles. The minimum Gasteiger partial charge on any atom is -0.493 e. The summed E-state index contributed by atoms with van der Waals surface area (Å²) in [6.45, 7) is 4.81. The summed E-state index contributed by atoms with van der Waals surface area (Å²) in [5.74, 6) is 0.676. The van der Waals surface area contributed by atoms with Gasteiger partial charge in [-0.25, -0.2) is 4.79 Å². The molecule has 150 valence electrons. The lowest BCUT2D eigenvalue weighted by molar-refractivity contribution is -0.135.